The predicted octanol–water partition coefficient (Wildman–Crippen LogP) is 2.64. The number of nitrogens with two attached hydrogens (primary N) is 1. The summed E-state index contributed by atoms with van der Waals surface area (Å²) in [5, 5.41) is 18.4. The van der Waals surface area contributed by atoms with Crippen LogP contribution in [0.1, 0.15) is 25.1 Å². The van der Waals surface area contributed by atoms with E-state index in [0.717, 1.165) is 24.5 Å². The molecule has 0 spiro atoms. The molecule has 2 heterocycles. The summed E-state index contributed by atoms with van der Waals surface area (Å²) in [6, 6.07) is 7.71. The van der Waals surface area contributed by atoms with E-state index in [2.05, 4.69) is 25.1 Å². The largest absolute Gasteiger partial charge is 0.460 e. The molecule has 0 unspecified atom stereocenters. The SMILES string of the molecule is Cc1ccc(N)c(N=NCc2cc(N3CCOCC3)nc(OCC(C)(C)O)n2)c1. The molecule has 1 aliphatic heterocycles. The molecular weight excluding hydrogens is 372 g/mol. The summed E-state index contributed by atoms with van der Waals surface area (Å²) in [6.07, 6.45) is 0. The highest BCUT2D eigenvalue weighted by Gasteiger charge is 2.18. The minimum Gasteiger partial charge on any atom is -0.460 e. The molecule has 156 valence electrons. The smallest absolute Gasteiger partial charge is 0.318 e. The van der Waals surface area contributed by atoms with E-state index >= 15 is 0 Å². The number of anilines is 2. The standard InChI is InChI=1S/C20H28N6O3/c1-14-4-5-16(21)17(10-14)25-22-12-15-11-18(26-6-8-28-9-7-26)24-19(23-15)29-13-20(2,3)27/h4-5,10-11,27H,6-9,12-13,21H2,1-3H3. The van der Waals surface area contributed by atoms with Gasteiger partial charge < -0.3 is 25.2 Å². The van der Waals surface area contributed by atoms with Gasteiger partial charge in [0.25, 0.3) is 0 Å². The Morgan fingerprint density at radius 3 is 2.72 bits per heavy atom. The van der Waals surface area contributed by atoms with Gasteiger partial charge in [-0.05, 0) is 38.5 Å². The van der Waals surface area contributed by atoms with E-state index in [-0.39, 0.29) is 19.2 Å². The van der Waals surface area contributed by atoms with Gasteiger partial charge >= 0.3 is 6.01 Å². The van der Waals surface area contributed by atoms with Crippen LogP contribution < -0.4 is 15.4 Å². The van der Waals surface area contributed by atoms with Crippen LogP contribution in [0.2, 0.25) is 0 Å². The van der Waals surface area contributed by atoms with Crippen LogP contribution in [-0.2, 0) is 11.3 Å². The maximum atomic E-state index is 9.93. The van der Waals surface area contributed by atoms with E-state index in [9.17, 15) is 5.11 Å². The zero-order chi connectivity index (χ0) is 20.9. The molecule has 3 N–H and O–H groups in total. The van der Waals surface area contributed by atoms with Gasteiger partial charge in [-0.3, -0.25) is 0 Å². The lowest BCUT2D eigenvalue weighted by molar-refractivity contribution is 0.0249. The third-order valence-corrected chi connectivity index (χ3v) is 4.23. The van der Waals surface area contributed by atoms with Gasteiger partial charge in [0.15, 0.2) is 0 Å². The van der Waals surface area contributed by atoms with Crippen LogP contribution in [-0.4, -0.2) is 53.6 Å². The zero-order valence-corrected chi connectivity index (χ0v) is 17.1. The molecule has 29 heavy (non-hydrogen) atoms. The number of aryl methyl sites for hydroxylation is 1. The quantitative estimate of drug-likeness (QED) is 0.542. The number of aliphatic hydroxyl groups is 1. The van der Waals surface area contributed by atoms with E-state index in [4.69, 9.17) is 15.2 Å². The van der Waals surface area contributed by atoms with Crippen LogP contribution in [0, 0.1) is 6.92 Å². The Hall–Kier alpha value is -2.78. The summed E-state index contributed by atoms with van der Waals surface area (Å²) < 4.78 is 11.0. The number of hydrogen-bond donors (Lipinski definition) is 2. The van der Waals surface area contributed by atoms with E-state index in [0.29, 0.717) is 30.3 Å². The van der Waals surface area contributed by atoms with Gasteiger partial charge in [0.1, 0.15) is 24.7 Å². The normalized spacial score (nSPS) is 15.1. The first-order valence-electron chi connectivity index (χ1n) is 9.60. The molecule has 1 aliphatic rings. The van der Waals surface area contributed by atoms with Gasteiger partial charge in [0.05, 0.1) is 30.2 Å². The topological polar surface area (TPSA) is 118 Å². The first-order valence-corrected chi connectivity index (χ1v) is 9.60. The third kappa shape index (κ3) is 6.37. The van der Waals surface area contributed by atoms with Crippen molar-refractivity contribution >= 4 is 17.2 Å². The number of azo groups is 1. The van der Waals surface area contributed by atoms with Crippen molar-refractivity contribution < 1.29 is 14.6 Å². The number of ether oxygens (including phenoxy) is 2. The molecule has 0 saturated carbocycles. The summed E-state index contributed by atoms with van der Waals surface area (Å²) in [4.78, 5) is 11.0. The molecular formula is C20H28N6O3. The maximum absolute atomic E-state index is 9.93. The Morgan fingerprint density at radius 1 is 1.24 bits per heavy atom. The van der Waals surface area contributed by atoms with Crippen LogP contribution in [0.5, 0.6) is 6.01 Å². The van der Waals surface area contributed by atoms with Gasteiger partial charge in [-0.2, -0.15) is 20.2 Å². The fourth-order valence-corrected chi connectivity index (χ4v) is 2.72. The first-order chi connectivity index (χ1) is 13.8. The third-order valence-electron chi connectivity index (χ3n) is 4.23. The summed E-state index contributed by atoms with van der Waals surface area (Å²) in [6.45, 7) is 8.42. The molecule has 1 aromatic heterocycles. The van der Waals surface area contributed by atoms with Crippen LogP contribution in [0.3, 0.4) is 0 Å². The number of nitrogens with zero attached hydrogens (tertiary/aromatic N) is 5. The van der Waals surface area contributed by atoms with Gasteiger partial charge in [0.2, 0.25) is 0 Å². The Balaban J connectivity index is 1.79. The van der Waals surface area contributed by atoms with Crippen molar-refractivity contribution in [3.8, 4) is 6.01 Å². The summed E-state index contributed by atoms with van der Waals surface area (Å²) in [7, 11) is 0. The predicted molar refractivity (Wildman–Crippen MR) is 111 cm³/mol. The summed E-state index contributed by atoms with van der Waals surface area (Å²) in [5.74, 6) is 0.745. The number of benzene rings is 1. The number of morpholine rings is 1. The van der Waals surface area contributed by atoms with Crippen molar-refractivity contribution in [2.24, 2.45) is 10.2 Å². The number of nitrogen functional groups attached to an aromatic ring is 1. The van der Waals surface area contributed by atoms with Crippen molar-refractivity contribution in [2.45, 2.75) is 32.9 Å². The molecule has 1 aromatic carbocycles. The molecule has 3 rings (SSSR count). The Bertz CT molecular complexity index is 860. The first kappa shape index (κ1) is 20.9. The molecule has 2 aromatic rings. The minimum atomic E-state index is -0.985. The number of rotatable bonds is 7. The van der Waals surface area contributed by atoms with E-state index in [1.54, 1.807) is 13.8 Å². The van der Waals surface area contributed by atoms with Crippen LogP contribution in [0.25, 0.3) is 0 Å². The molecule has 0 amide bonds. The monoisotopic (exact) mass is 400 g/mol. The molecule has 0 bridgehead atoms. The van der Waals surface area contributed by atoms with Gasteiger partial charge in [0, 0.05) is 19.2 Å². The maximum Gasteiger partial charge on any atom is 0.318 e. The van der Waals surface area contributed by atoms with Crippen LogP contribution in [0.15, 0.2) is 34.5 Å². The minimum absolute atomic E-state index is 0.0837. The average Bonchev–Trinajstić information content (AvgIpc) is 2.69. The van der Waals surface area contributed by atoms with E-state index in [1.165, 1.54) is 0 Å². The lowest BCUT2D eigenvalue weighted by Crippen LogP contribution is -2.37. The van der Waals surface area contributed by atoms with Crippen molar-refractivity contribution in [1.82, 2.24) is 9.97 Å². The lowest BCUT2D eigenvalue weighted by Gasteiger charge is -2.28. The van der Waals surface area contributed by atoms with Crippen LogP contribution >= 0.6 is 0 Å². The highest BCUT2D eigenvalue weighted by atomic mass is 16.5. The van der Waals surface area contributed by atoms with E-state index < -0.39 is 5.60 Å². The average molecular weight is 400 g/mol. The van der Waals surface area contributed by atoms with Crippen molar-refractivity contribution in [2.75, 3.05) is 43.5 Å². The summed E-state index contributed by atoms with van der Waals surface area (Å²) >= 11 is 0. The molecule has 1 saturated heterocycles. The Labute approximate surface area is 170 Å². The molecule has 1 fully saturated rings. The highest BCUT2D eigenvalue weighted by Crippen LogP contribution is 2.24. The van der Waals surface area contributed by atoms with Gasteiger partial charge in [-0.1, -0.05) is 6.07 Å². The molecule has 0 aliphatic carbocycles. The highest BCUT2D eigenvalue weighted by molar-refractivity contribution is 5.62. The molecule has 0 radical (unpaired) electrons. The Kier molecular flexibility index (Phi) is 6.60. The summed E-state index contributed by atoms with van der Waals surface area (Å²) in [5.41, 5.74) is 7.90. The lowest BCUT2D eigenvalue weighted by atomic mass is 10.2. The molecule has 0 atom stereocenters. The second-order valence-electron chi connectivity index (χ2n) is 7.66. The van der Waals surface area contributed by atoms with Gasteiger partial charge in [-0.25, -0.2) is 0 Å². The molecule has 9 nitrogen and oxygen atoms in total. The second kappa shape index (κ2) is 9.15. The van der Waals surface area contributed by atoms with Gasteiger partial charge in [-0.15, -0.1) is 0 Å². The van der Waals surface area contributed by atoms with Crippen LogP contribution in [0.4, 0.5) is 17.2 Å². The van der Waals surface area contributed by atoms with E-state index in [1.807, 2.05) is 31.2 Å². The molecule has 9 heteroatoms. The number of aromatic nitrogens is 2. The van der Waals surface area contributed by atoms with Crippen molar-refractivity contribution in [1.29, 1.82) is 0 Å². The zero-order valence-electron chi connectivity index (χ0n) is 17.1. The van der Waals surface area contributed by atoms with Crippen molar-refractivity contribution in [3.05, 3.63) is 35.5 Å². The number of hydrogen-bond acceptors (Lipinski definition) is 9. The second-order valence-corrected chi connectivity index (χ2v) is 7.66. The van der Waals surface area contributed by atoms with Crippen molar-refractivity contribution in [3.63, 3.8) is 0 Å². The Morgan fingerprint density at radius 2 is 2.00 bits per heavy atom. The fourth-order valence-electron chi connectivity index (χ4n) is 2.72. The fraction of sp³-hybridized carbons (Fsp3) is 0.500.